The first-order valence-corrected chi connectivity index (χ1v) is 8.67. The minimum Gasteiger partial charge on any atom is -0.322 e. The zero-order valence-corrected chi connectivity index (χ0v) is 15.1. The first-order valence-electron chi connectivity index (χ1n) is 8.67. The van der Waals surface area contributed by atoms with Gasteiger partial charge in [-0.2, -0.15) is 0 Å². The van der Waals surface area contributed by atoms with Gasteiger partial charge in [-0.3, -0.25) is 19.0 Å². The van der Waals surface area contributed by atoms with Crippen molar-refractivity contribution in [2.45, 2.75) is 6.92 Å². The van der Waals surface area contributed by atoms with Gasteiger partial charge in [-0.05, 0) is 48.9 Å². The summed E-state index contributed by atoms with van der Waals surface area (Å²) >= 11 is 0. The monoisotopic (exact) mass is 371 g/mol. The standard InChI is InChI=1S/C21H17N5O2/c1-14-5-6-16(12-17(14)25-20(27)15-7-9-22-10-8-15)24-21(28)18-13-23-19-4-2-3-11-26(18)19/h2-13H,1H3,(H,24,28)(H,25,27). The van der Waals surface area contributed by atoms with Crippen LogP contribution in [0.25, 0.3) is 5.65 Å². The van der Waals surface area contributed by atoms with Crippen molar-refractivity contribution in [2.24, 2.45) is 0 Å². The molecule has 0 aliphatic rings. The van der Waals surface area contributed by atoms with Crippen LogP contribution < -0.4 is 10.6 Å². The van der Waals surface area contributed by atoms with Crippen molar-refractivity contribution < 1.29 is 9.59 Å². The van der Waals surface area contributed by atoms with Gasteiger partial charge in [-0.25, -0.2) is 4.98 Å². The molecule has 0 unspecified atom stereocenters. The minimum absolute atomic E-state index is 0.240. The predicted octanol–water partition coefficient (Wildman–Crippen LogP) is 3.54. The molecule has 7 nitrogen and oxygen atoms in total. The van der Waals surface area contributed by atoms with Crippen LogP contribution in [0, 0.1) is 6.92 Å². The van der Waals surface area contributed by atoms with Gasteiger partial charge >= 0.3 is 0 Å². The summed E-state index contributed by atoms with van der Waals surface area (Å²) in [5.74, 6) is -0.523. The Hall–Kier alpha value is -4.00. The number of aromatic nitrogens is 3. The van der Waals surface area contributed by atoms with E-state index in [-0.39, 0.29) is 11.8 Å². The molecule has 4 aromatic rings. The van der Waals surface area contributed by atoms with E-state index >= 15 is 0 Å². The minimum atomic E-state index is -0.283. The molecule has 4 rings (SSSR count). The number of hydrogen-bond donors (Lipinski definition) is 2. The highest BCUT2D eigenvalue weighted by atomic mass is 16.2. The lowest BCUT2D eigenvalue weighted by Crippen LogP contribution is -2.16. The molecule has 138 valence electrons. The van der Waals surface area contributed by atoms with Gasteiger partial charge in [0, 0.05) is 35.5 Å². The lowest BCUT2D eigenvalue weighted by atomic mass is 10.1. The first kappa shape index (κ1) is 17.4. The van der Waals surface area contributed by atoms with Crippen molar-refractivity contribution in [1.29, 1.82) is 0 Å². The SMILES string of the molecule is Cc1ccc(NC(=O)c2cnc3ccccn23)cc1NC(=O)c1ccncc1. The molecule has 0 fully saturated rings. The van der Waals surface area contributed by atoms with Gasteiger partial charge in [0.05, 0.1) is 6.20 Å². The third kappa shape index (κ3) is 3.45. The number of carbonyl (C=O) groups is 2. The summed E-state index contributed by atoms with van der Waals surface area (Å²) in [6.45, 7) is 1.89. The predicted molar refractivity (Wildman–Crippen MR) is 107 cm³/mol. The Morgan fingerprint density at radius 1 is 0.964 bits per heavy atom. The van der Waals surface area contributed by atoms with Crippen LogP contribution >= 0.6 is 0 Å². The topological polar surface area (TPSA) is 88.4 Å². The second-order valence-electron chi connectivity index (χ2n) is 6.25. The number of pyridine rings is 2. The highest BCUT2D eigenvalue weighted by Gasteiger charge is 2.13. The first-order chi connectivity index (χ1) is 13.6. The van der Waals surface area contributed by atoms with Gasteiger partial charge < -0.3 is 10.6 Å². The van der Waals surface area contributed by atoms with Crippen LogP contribution in [0.3, 0.4) is 0 Å². The van der Waals surface area contributed by atoms with Crippen LogP contribution in [0.15, 0.2) is 73.3 Å². The third-order valence-electron chi connectivity index (χ3n) is 4.34. The molecule has 0 bridgehead atoms. The summed E-state index contributed by atoms with van der Waals surface area (Å²) in [5.41, 5.74) is 3.72. The number of nitrogens with one attached hydrogen (secondary N) is 2. The number of aryl methyl sites for hydroxylation is 1. The van der Waals surface area contributed by atoms with E-state index in [0.29, 0.717) is 28.3 Å². The lowest BCUT2D eigenvalue weighted by molar-refractivity contribution is 0.101. The highest BCUT2D eigenvalue weighted by molar-refractivity contribution is 6.06. The number of imidazole rings is 1. The van der Waals surface area contributed by atoms with E-state index in [1.807, 2.05) is 31.2 Å². The average molecular weight is 371 g/mol. The largest absolute Gasteiger partial charge is 0.322 e. The number of rotatable bonds is 4. The number of hydrogen-bond acceptors (Lipinski definition) is 4. The number of benzene rings is 1. The molecule has 0 aliphatic carbocycles. The van der Waals surface area contributed by atoms with E-state index in [1.54, 1.807) is 47.3 Å². The normalized spacial score (nSPS) is 10.6. The van der Waals surface area contributed by atoms with Crippen molar-refractivity contribution in [1.82, 2.24) is 14.4 Å². The van der Waals surface area contributed by atoms with Crippen molar-refractivity contribution in [3.8, 4) is 0 Å². The van der Waals surface area contributed by atoms with Gasteiger partial charge in [0.15, 0.2) is 0 Å². The van der Waals surface area contributed by atoms with E-state index < -0.39 is 0 Å². The van der Waals surface area contributed by atoms with Crippen LogP contribution in [-0.4, -0.2) is 26.2 Å². The molecule has 28 heavy (non-hydrogen) atoms. The van der Waals surface area contributed by atoms with Crippen molar-refractivity contribution in [3.63, 3.8) is 0 Å². The second kappa shape index (κ2) is 7.32. The highest BCUT2D eigenvalue weighted by Crippen LogP contribution is 2.22. The smallest absolute Gasteiger partial charge is 0.274 e. The Morgan fingerprint density at radius 2 is 1.79 bits per heavy atom. The van der Waals surface area contributed by atoms with Gasteiger partial charge in [-0.15, -0.1) is 0 Å². The van der Waals surface area contributed by atoms with Gasteiger partial charge in [-0.1, -0.05) is 12.1 Å². The fraction of sp³-hybridized carbons (Fsp3) is 0.0476. The molecule has 0 saturated heterocycles. The zero-order chi connectivity index (χ0) is 19.5. The molecule has 7 heteroatoms. The lowest BCUT2D eigenvalue weighted by Gasteiger charge is -2.11. The molecule has 2 amide bonds. The number of anilines is 2. The van der Waals surface area contributed by atoms with Crippen LogP contribution in [-0.2, 0) is 0 Å². The molecule has 0 radical (unpaired) electrons. The molecular formula is C21H17N5O2. The Bertz CT molecular complexity index is 1170. The Kier molecular flexibility index (Phi) is 4.55. The molecule has 3 aromatic heterocycles. The Balaban J connectivity index is 1.55. The Labute approximate surface area is 161 Å². The maximum atomic E-state index is 12.7. The fourth-order valence-electron chi connectivity index (χ4n) is 2.83. The third-order valence-corrected chi connectivity index (χ3v) is 4.34. The molecular weight excluding hydrogens is 354 g/mol. The summed E-state index contributed by atoms with van der Waals surface area (Å²) in [7, 11) is 0. The van der Waals surface area contributed by atoms with Crippen molar-refractivity contribution in [2.75, 3.05) is 10.6 Å². The summed E-state index contributed by atoms with van der Waals surface area (Å²) in [6, 6.07) is 14.2. The molecule has 0 saturated carbocycles. The quantitative estimate of drug-likeness (QED) is 0.574. The van der Waals surface area contributed by atoms with E-state index in [0.717, 1.165) is 5.56 Å². The number of amides is 2. The molecule has 0 aliphatic heterocycles. The van der Waals surface area contributed by atoms with Crippen molar-refractivity contribution in [3.05, 3.63) is 90.1 Å². The molecule has 2 N–H and O–H groups in total. The summed E-state index contributed by atoms with van der Waals surface area (Å²) < 4.78 is 1.72. The zero-order valence-electron chi connectivity index (χ0n) is 15.1. The van der Waals surface area contributed by atoms with Crippen LogP contribution in [0.1, 0.15) is 26.4 Å². The van der Waals surface area contributed by atoms with Crippen LogP contribution in [0.4, 0.5) is 11.4 Å². The number of carbonyl (C=O) groups excluding carboxylic acids is 2. The summed E-state index contributed by atoms with van der Waals surface area (Å²) in [4.78, 5) is 33.2. The van der Waals surface area contributed by atoms with E-state index in [1.165, 1.54) is 6.20 Å². The number of nitrogens with zero attached hydrogens (tertiary/aromatic N) is 3. The summed E-state index contributed by atoms with van der Waals surface area (Å²) in [5, 5.41) is 5.72. The van der Waals surface area contributed by atoms with E-state index in [2.05, 4.69) is 20.6 Å². The van der Waals surface area contributed by atoms with E-state index in [9.17, 15) is 9.59 Å². The second-order valence-corrected chi connectivity index (χ2v) is 6.25. The van der Waals surface area contributed by atoms with Gasteiger partial charge in [0.1, 0.15) is 11.3 Å². The van der Waals surface area contributed by atoms with Crippen LogP contribution in [0.5, 0.6) is 0 Å². The summed E-state index contributed by atoms with van der Waals surface area (Å²) in [6.07, 6.45) is 6.44. The average Bonchev–Trinajstić information content (AvgIpc) is 3.15. The fourth-order valence-corrected chi connectivity index (χ4v) is 2.83. The van der Waals surface area contributed by atoms with Crippen LogP contribution in [0.2, 0.25) is 0 Å². The Morgan fingerprint density at radius 3 is 2.61 bits per heavy atom. The maximum Gasteiger partial charge on any atom is 0.274 e. The number of fused-ring (bicyclic) bond motifs is 1. The molecule has 0 spiro atoms. The van der Waals surface area contributed by atoms with E-state index in [4.69, 9.17) is 0 Å². The van der Waals surface area contributed by atoms with Crippen molar-refractivity contribution >= 4 is 28.8 Å². The van der Waals surface area contributed by atoms with Gasteiger partial charge in [0.2, 0.25) is 0 Å². The van der Waals surface area contributed by atoms with Gasteiger partial charge in [0.25, 0.3) is 11.8 Å². The molecule has 3 heterocycles. The molecule has 0 atom stereocenters. The molecule has 1 aromatic carbocycles. The maximum absolute atomic E-state index is 12.7.